The number of rotatable bonds is 3. The van der Waals surface area contributed by atoms with Crippen LogP contribution in [0.15, 0.2) is 34.9 Å². The first-order valence-electron chi connectivity index (χ1n) is 6.95. The Labute approximate surface area is 118 Å². The molecule has 1 saturated heterocycles. The Bertz CT molecular complexity index is 600. The summed E-state index contributed by atoms with van der Waals surface area (Å²) in [6, 6.07) is 10.0. The molecule has 0 aliphatic carbocycles. The van der Waals surface area contributed by atoms with Crippen LogP contribution in [0.3, 0.4) is 0 Å². The maximum absolute atomic E-state index is 5.46. The molecule has 1 fully saturated rings. The van der Waals surface area contributed by atoms with Gasteiger partial charge in [-0.3, -0.25) is 4.90 Å². The van der Waals surface area contributed by atoms with E-state index < -0.39 is 0 Å². The van der Waals surface area contributed by atoms with E-state index in [4.69, 9.17) is 10.9 Å². The van der Waals surface area contributed by atoms with Crippen LogP contribution in [0, 0.1) is 12.3 Å². The van der Waals surface area contributed by atoms with Crippen molar-refractivity contribution in [3.63, 3.8) is 0 Å². The van der Waals surface area contributed by atoms with Crippen molar-refractivity contribution in [2.75, 3.05) is 13.1 Å². The lowest BCUT2D eigenvalue weighted by molar-refractivity contribution is 0.135. The predicted octanol–water partition coefficient (Wildman–Crippen LogP) is 2.90. The molecule has 1 aromatic heterocycles. The van der Waals surface area contributed by atoms with Crippen molar-refractivity contribution in [3.05, 3.63) is 36.2 Å². The summed E-state index contributed by atoms with van der Waals surface area (Å²) in [5.41, 5.74) is 0.974. The molecule has 2 aromatic rings. The van der Waals surface area contributed by atoms with Gasteiger partial charge in [-0.1, -0.05) is 47.8 Å². The monoisotopic (exact) mass is 267 g/mol. The molecule has 102 valence electrons. The zero-order valence-electron chi connectivity index (χ0n) is 11.3. The van der Waals surface area contributed by atoms with Crippen LogP contribution in [-0.2, 0) is 0 Å². The molecule has 2 heterocycles. The van der Waals surface area contributed by atoms with Gasteiger partial charge in [0.2, 0.25) is 11.7 Å². The summed E-state index contributed by atoms with van der Waals surface area (Å²) in [5.74, 6) is 4.04. The Balaban J connectivity index is 1.84. The van der Waals surface area contributed by atoms with E-state index >= 15 is 0 Å². The van der Waals surface area contributed by atoms with Crippen LogP contribution in [0.4, 0.5) is 0 Å². The molecule has 4 heteroatoms. The highest BCUT2D eigenvalue weighted by atomic mass is 16.5. The second-order valence-electron chi connectivity index (χ2n) is 5.01. The number of nitrogens with zero attached hydrogens (tertiary/aromatic N) is 3. The van der Waals surface area contributed by atoms with Gasteiger partial charge in [-0.15, -0.1) is 6.42 Å². The van der Waals surface area contributed by atoms with Gasteiger partial charge in [0.25, 0.3) is 0 Å². The summed E-state index contributed by atoms with van der Waals surface area (Å²) in [5, 5.41) is 4.09. The van der Waals surface area contributed by atoms with Crippen LogP contribution in [0.2, 0.25) is 0 Å². The van der Waals surface area contributed by atoms with Crippen molar-refractivity contribution in [1.82, 2.24) is 15.0 Å². The zero-order chi connectivity index (χ0) is 13.8. The Hall–Kier alpha value is -2.12. The lowest BCUT2D eigenvalue weighted by atomic mass is 10.0. The fourth-order valence-electron chi connectivity index (χ4n) is 2.65. The topological polar surface area (TPSA) is 42.2 Å². The average molecular weight is 267 g/mol. The number of aromatic nitrogens is 2. The highest BCUT2D eigenvalue weighted by Gasteiger charge is 2.28. The molecule has 1 atom stereocenters. The summed E-state index contributed by atoms with van der Waals surface area (Å²) in [6.07, 6.45) is 8.82. The van der Waals surface area contributed by atoms with Crippen LogP contribution in [0.25, 0.3) is 11.4 Å². The van der Waals surface area contributed by atoms with E-state index in [9.17, 15) is 0 Å². The minimum atomic E-state index is 0.157. The van der Waals surface area contributed by atoms with Crippen molar-refractivity contribution in [2.45, 2.75) is 25.3 Å². The SMILES string of the molecule is C#CCN1CCCCC1c1nc(-c2ccccc2)no1. The Morgan fingerprint density at radius 2 is 2.15 bits per heavy atom. The van der Waals surface area contributed by atoms with Gasteiger partial charge < -0.3 is 4.52 Å². The van der Waals surface area contributed by atoms with Crippen LogP contribution < -0.4 is 0 Å². The van der Waals surface area contributed by atoms with Crippen molar-refractivity contribution in [3.8, 4) is 23.7 Å². The average Bonchev–Trinajstić information content (AvgIpc) is 2.99. The van der Waals surface area contributed by atoms with Gasteiger partial charge in [-0.2, -0.15) is 4.98 Å². The quantitative estimate of drug-likeness (QED) is 0.802. The molecule has 0 spiro atoms. The fourth-order valence-corrected chi connectivity index (χ4v) is 2.65. The fraction of sp³-hybridized carbons (Fsp3) is 0.375. The maximum Gasteiger partial charge on any atom is 0.244 e. The summed E-state index contributed by atoms with van der Waals surface area (Å²) < 4.78 is 5.46. The molecule has 1 aliphatic heterocycles. The standard InChI is InChI=1S/C16H17N3O/c1-2-11-19-12-7-6-10-14(19)16-17-15(18-20-16)13-8-4-3-5-9-13/h1,3-5,8-9,14H,6-7,10-12H2. The molecule has 4 nitrogen and oxygen atoms in total. The molecule has 0 saturated carbocycles. The summed E-state index contributed by atoms with van der Waals surface area (Å²) in [6.45, 7) is 1.63. The molecular weight excluding hydrogens is 250 g/mol. The van der Waals surface area contributed by atoms with E-state index in [1.165, 1.54) is 12.8 Å². The summed E-state index contributed by atoms with van der Waals surface area (Å²) >= 11 is 0. The second-order valence-corrected chi connectivity index (χ2v) is 5.01. The number of likely N-dealkylation sites (tertiary alicyclic amines) is 1. The largest absolute Gasteiger partial charge is 0.337 e. The first-order chi connectivity index (χ1) is 9.88. The number of piperidine rings is 1. The van der Waals surface area contributed by atoms with E-state index in [1.807, 2.05) is 30.3 Å². The Morgan fingerprint density at radius 1 is 1.30 bits per heavy atom. The first kappa shape index (κ1) is 12.9. The third-order valence-corrected chi connectivity index (χ3v) is 3.67. The Morgan fingerprint density at radius 3 is 2.95 bits per heavy atom. The molecule has 1 aliphatic rings. The molecule has 0 radical (unpaired) electrons. The van der Waals surface area contributed by atoms with Crippen molar-refractivity contribution in [1.29, 1.82) is 0 Å². The zero-order valence-corrected chi connectivity index (χ0v) is 11.3. The van der Waals surface area contributed by atoms with Gasteiger partial charge >= 0.3 is 0 Å². The van der Waals surface area contributed by atoms with Gasteiger partial charge in [0.1, 0.15) is 0 Å². The minimum Gasteiger partial charge on any atom is -0.337 e. The van der Waals surface area contributed by atoms with Gasteiger partial charge in [0.05, 0.1) is 12.6 Å². The van der Waals surface area contributed by atoms with Gasteiger partial charge in [0.15, 0.2) is 0 Å². The maximum atomic E-state index is 5.46. The lowest BCUT2D eigenvalue weighted by Crippen LogP contribution is -2.33. The van der Waals surface area contributed by atoms with E-state index in [-0.39, 0.29) is 6.04 Å². The highest BCUT2D eigenvalue weighted by molar-refractivity contribution is 5.53. The number of benzene rings is 1. The molecular formula is C16H17N3O. The molecule has 0 amide bonds. The van der Waals surface area contributed by atoms with E-state index in [2.05, 4.69) is 21.0 Å². The van der Waals surface area contributed by atoms with Crippen LogP contribution >= 0.6 is 0 Å². The molecule has 3 rings (SSSR count). The molecule has 20 heavy (non-hydrogen) atoms. The summed E-state index contributed by atoms with van der Waals surface area (Å²) in [7, 11) is 0. The summed E-state index contributed by atoms with van der Waals surface area (Å²) in [4.78, 5) is 6.79. The highest BCUT2D eigenvalue weighted by Crippen LogP contribution is 2.30. The predicted molar refractivity (Wildman–Crippen MR) is 76.7 cm³/mol. The Kier molecular flexibility index (Phi) is 3.80. The molecule has 1 aromatic carbocycles. The van der Waals surface area contributed by atoms with Crippen molar-refractivity contribution < 1.29 is 4.52 Å². The van der Waals surface area contributed by atoms with E-state index in [1.54, 1.807) is 0 Å². The normalized spacial score (nSPS) is 19.6. The molecule has 1 unspecified atom stereocenters. The second kappa shape index (κ2) is 5.89. The van der Waals surface area contributed by atoms with Gasteiger partial charge in [-0.25, -0.2) is 0 Å². The van der Waals surface area contributed by atoms with Crippen molar-refractivity contribution >= 4 is 0 Å². The van der Waals surface area contributed by atoms with E-state index in [0.717, 1.165) is 18.5 Å². The van der Waals surface area contributed by atoms with Gasteiger partial charge in [0, 0.05) is 5.56 Å². The number of hydrogen-bond donors (Lipinski definition) is 0. The van der Waals surface area contributed by atoms with Crippen LogP contribution in [0.5, 0.6) is 0 Å². The third kappa shape index (κ3) is 2.59. The number of hydrogen-bond acceptors (Lipinski definition) is 4. The lowest BCUT2D eigenvalue weighted by Gasteiger charge is -2.31. The minimum absolute atomic E-state index is 0.157. The van der Waals surface area contributed by atoms with Crippen LogP contribution in [0.1, 0.15) is 31.2 Å². The van der Waals surface area contributed by atoms with E-state index in [0.29, 0.717) is 18.3 Å². The van der Waals surface area contributed by atoms with Crippen molar-refractivity contribution in [2.24, 2.45) is 0 Å². The smallest absolute Gasteiger partial charge is 0.244 e. The molecule has 0 bridgehead atoms. The number of terminal acetylenes is 1. The van der Waals surface area contributed by atoms with Gasteiger partial charge in [-0.05, 0) is 19.4 Å². The third-order valence-electron chi connectivity index (χ3n) is 3.67. The first-order valence-corrected chi connectivity index (χ1v) is 6.95. The molecule has 0 N–H and O–H groups in total. The van der Waals surface area contributed by atoms with Crippen LogP contribution in [-0.4, -0.2) is 28.1 Å².